The molecule has 8 nitrogen and oxygen atoms in total. The van der Waals surface area contributed by atoms with E-state index in [0.717, 1.165) is 32.1 Å². The van der Waals surface area contributed by atoms with Crippen LogP contribution in [0.1, 0.15) is 57.8 Å². The van der Waals surface area contributed by atoms with Crippen LogP contribution in [0.25, 0.3) is 0 Å². The summed E-state index contributed by atoms with van der Waals surface area (Å²) in [4.78, 5) is 16.4. The zero-order chi connectivity index (χ0) is 21.2. The molecular weight excluding hydrogens is 407 g/mol. The van der Waals surface area contributed by atoms with Crippen LogP contribution in [0.3, 0.4) is 0 Å². The molecule has 0 fully saturated rings. The highest BCUT2D eigenvalue weighted by atomic mass is 32.2. The molecule has 1 aromatic heterocycles. The van der Waals surface area contributed by atoms with Crippen molar-refractivity contribution >= 4 is 16.1 Å². The van der Waals surface area contributed by atoms with Gasteiger partial charge in [-0.2, -0.15) is 21.6 Å². The molecule has 0 aliphatic carbocycles. The summed E-state index contributed by atoms with van der Waals surface area (Å²) in [5.41, 5.74) is -5.39. The van der Waals surface area contributed by atoms with Gasteiger partial charge < -0.3 is 15.1 Å². The number of carbonyl (C=O) groups excluding carboxylic acids is 1. The second-order valence-corrected chi connectivity index (χ2v) is 7.71. The molecule has 2 N–H and O–H groups in total. The molecule has 0 aromatic carbocycles. The first kappa shape index (κ1) is 24.1. The van der Waals surface area contributed by atoms with Gasteiger partial charge in [0.2, 0.25) is 11.8 Å². The third kappa shape index (κ3) is 8.38. The zero-order valence-corrected chi connectivity index (χ0v) is 16.0. The summed E-state index contributed by atoms with van der Waals surface area (Å²) in [7, 11) is -5.50. The maximum Gasteiger partial charge on any atom is 0.523 e. The van der Waals surface area contributed by atoms with Crippen LogP contribution < -0.4 is 4.84 Å². The molecule has 0 saturated carbocycles. The molecule has 162 valence electrons. The lowest BCUT2D eigenvalue weighted by atomic mass is 10.1. The Morgan fingerprint density at radius 3 is 1.89 bits per heavy atom. The number of aromatic hydroxyl groups is 2. The van der Waals surface area contributed by atoms with Gasteiger partial charge in [0, 0.05) is 18.6 Å². The number of unbranched alkanes of at least 4 members (excludes halogenated alkanes) is 7. The van der Waals surface area contributed by atoms with Crippen molar-refractivity contribution in [2.75, 3.05) is 6.61 Å². The van der Waals surface area contributed by atoms with Crippen molar-refractivity contribution in [2.45, 2.75) is 63.3 Å². The normalized spacial score (nSPS) is 12.2. The predicted octanol–water partition coefficient (Wildman–Crippen LogP) is 3.23. The van der Waals surface area contributed by atoms with Crippen molar-refractivity contribution in [3.63, 3.8) is 0 Å². The van der Waals surface area contributed by atoms with E-state index in [0.29, 0.717) is 17.6 Å². The van der Waals surface area contributed by atoms with Crippen LogP contribution in [0.4, 0.5) is 13.2 Å². The van der Waals surface area contributed by atoms with E-state index in [4.69, 9.17) is 4.84 Å². The molecule has 0 aliphatic heterocycles. The standard InChI is InChI=1S/C16H24F3NO7S/c17-16(18,19)28(24,25)26-12-8-6-4-2-1-3-5-7-9-15(23)27-20-13(21)10-11-14(20)22/h10-11,21-22H,1-9,12H2. The average molecular weight is 431 g/mol. The zero-order valence-electron chi connectivity index (χ0n) is 15.2. The molecule has 0 unspecified atom stereocenters. The van der Waals surface area contributed by atoms with E-state index in [-0.39, 0.29) is 24.6 Å². The monoisotopic (exact) mass is 431 g/mol. The van der Waals surface area contributed by atoms with Crippen molar-refractivity contribution < 1.29 is 45.6 Å². The number of aromatic nitrogens is 1. The lowest BCUT2D eigenvalue weighted by molar-refractivity contribution is -0.145. The molecule has 28 heavy (non-hydrogen) atoms. The summed E-state index contributed by atoms with van der Waals surface area (Å²) < 4.78 is 61.9. The van der Waals surface area contributed by atoms with Crippen LogP contribution in [0, 0.1) is 0 Å². The van der Waals surface area contributed by atoms with Gasteiger partial charge in [-0.1, -0.05) is 38.5 Å². The second kappa shape index (κ2) is 11.1. The molecule has 0 bridgehead atoms. The van der Waals surface area contributed by atoms with Gasteiger partial charge in [-0.25, -0.2) is 4.79 Å². The fourth-order valence-electron chi connectivity index (χ4n) is 2.31. The largest absolute Gasteiger partial charge is 0.523 e. The summed E-state index contributed by atoms with van der Waals surface area (Å²) in [5.74, 6) is -1.35. The minimum absolute atomic E-state index is 0.127. The fourth-order valence-corrected chi connectivity index (χ4v) is 2.78. The summed E-state index contributed by atoms with van der Waals surface area (Å²) in [6.45, 7) is -0.490. The highest BCUT2D eigenvalue weighted by molar-refractivity contribution is 7.87. The van der Waals surface area contributed by atoms with Crippen molar-refractivity contribution in [1.29, 1.82) is 0 Å². The van der Waals surface area contributed by atoms with Crippen LogP contribution in [0.5, 0.6) is 11.8 Å². The molecule has 0 aliphatic rings. The Bertz CT molecular complexity index is 697. The Hall–Kier alpha value is -1.95. The molecule has 0 amide bonds. The SMILES string of the molecule is O=C(CCCCCCCCCCOS(=O)(=O)C(F)(F)F)On1c(O)ccc1O. The van der Waals surface area contributed by atoms with Crippen LogP contribution >= 0.6 is 0 Å². The van der Waals surface area contributed by atoms with Gasteiger partial charge in [0.25, 0.3) is 0 Å². The number of alkyl halides is 3. The van der Waals surface area contributed by atoms with Crippen molar-refractivity contribution in [3.05, 3.63) is 12.1 Å². The summed E-state index contributed by atoms with van der Waals surface area (Å²) in [5, 5.41) is 18.7. The van der Waals surface area contributed by atoms with Crippen LogP contribution in [-0.4, -0.2) is 41.4 Å². The Morgan fingerprint density at radius 1 is 0.929 bits per heavy atom. The first-order chi connectivity index (χ1) is 13.0. The first-order valence-electron chi connectivity index (χ1n) is 8.81. The van der Waals surface area contributed by atoms with E-state index in [2.05, 4.69) is 4.18 Å². The Kier molecular flexibility index (Phi) is 9.59. The van der Waals surface area contributed by atoms with Crippen molar-refractivity contribution in [1.82, 2.24) is 4.73 Å². The van der Waals surface area contributed by atoms with Crippen LogP contribution in [0.15, 0.2) is 12.1 Å². The number of hydrogen-bond donors (Lipinski definition) is 2. The van der Waals surface area contributed by atoms with Crippen LogP contribution in [-0.2, 0) is 19.1 Å². The number of rotatable bonds is 13. The van der Waals surface area contributed by atoms with Gasteiger partial charge in [0.15, 0.2) is 0 Å². The van der Waals surface area contributed by atoms with Gasteiger partial charge >= 0.3 is 21.6 Å². The maximum atomic E-state index is 12.0. The summed E-state index contributed by atoms with van der Waals surface area (Å²) in [6.07, 6.45) is 5.55. The quantitative estimate of drug-likeness (QED) is 0.280. The highest BCUT2D eigenvalue weighted by Gasteiger charge is 2.47. The van der Waals surface area contributed by atoms with E-state index >= 15 is 0 Å². The molecule has 0 radical (unpaired) electrons. The van der Waals surface area contributed by atoms with E-state index < -0.39 is 28.2 Å². The number of halogens is 3. The van der Waals surface area contributed by atoms with E-state index in [1.54, 1.807) is 0 Å². The van der Waals surface area contributed by atoms with Gasteiger partial charge in [-0.15, -0.1) is 4.73 Å². The number of carbonyl (C=O) groups is 1. The topological polar surface area (TPSA) is 115 Å². The van der Waals surface area contributed by atoms with E-state index in [9.17, 15) is 36.6 Å². The molecular formula is C16H24F3NO7S. The first-order valence-corrected chi connectivity index (χ1v) is 10.2. The van der Waals surface area contributed by atoms with Gasteiger partial charge in [-0.3, -0.25) is 4.18 Å². The van der Waals surface area contributed by atoms with Crippen molar-refractivity contribution in [2.24, 2.45) is 0 Å². The highest BCUT2D eigenvalue weighted by Crippen LogP contribution is 2.24. The molecule has 12 heteroatoms. The van der Waals surface area contributed by atoms with E-state index in [1.165, 1.54) is 12.1 Å². The minimum atomic E-state index is -5.50. The third-order valence-corrected chi connectivity index (χ3v) is 4.83. The van der Waals surface area contributed by atoms with Crippen LogP contribution in [0.2, 0.25) is 0 Å². The summed E-state index contributed by atoms with van der Waals surface area (Å²) in [6, 6.07) is 2.37. The Labute approximate surface area is 160 Å². The third-order valence-electron chi connectivity index (χ3n) is 3.79. The fraction of sp³-hybridized carbons (Fsp3) is 0.688. The van der Waals surface area contributed by atoms with Gasteiger partial charge in [0.1, 0.15) is 0 Å². The molecule has 0 atom stereocenters. The Balaban J connectivity index is 1.98. The molecule has 1 aromatic rings. The van der Waals surface area contributed by atoms with E-state index in [1.807, 2.05) is 0 Å². The average Bonchev–Trinajstić information content (AvgIpc) is 2.90. The lowest BCUT2D eigenvalue weighted by Gasteiger charge is -2.08. The molecule has 0 saturated heterocycles. The number of hydrogen-bond acceptors (Lipinski definition) is 7. The second-order valence-electron chi connectivity index (χ2n) is 6.11. The predicted molar refractivity (Wildman–Crippen MR) is 91.8 cm³/mol. The molecule has 1 rings (SSSR count). The lowest BCUT2D eigenvalue weighted by Crippen LogP contribution is -2.25. The van der Waals surface area contributed by atoms with Crippen molar-refractivity contribution in [3.8, 4) is 11.8 Å². The molecule has 1 heterocycles. The number of nitrogens with zero attached hydrogens (tertiary/aromatic N) is 1. The molecule has 0 spiro atoms. The maximum absolute atomic E-state index is 12.0. The van der Waals surface area contributed by atoms with Gasteiger partial charge in [-0.05, 0) is 12.8 Å². The minimum Gasteiger partial charge on any atom is -0.492 e. The Morgan fingerprint density at radius 2 is 1.39 bits per heavy atom. The summed E-state index contributed by atoms with van der Waals surface area (Å²) >= 11 is 0. The van der Waals surface area contributed by atoms with Gasteiger partial charge in [0.05, 0.1) is 6.61 Å². The smallest absolute Gasteiger partial charge is 0.492 e.